The summed E-state index contributed by atoms with van der Waals surface area (Å²) in [6.07, 6.45) is 1.10. The van der Waals surface area contributed by atoms with Gasteiger partial charge in [0, 0.05) is 25.2 Å². The van der Waals surface area contributed by atoms with Crippen LogP contribution in [0.5, 0.6) is 0 Å². The third-order valence-corrected chi connectivity index (χ3v) is 2.33. The molecule has 15 heavy (non-hydrogen) atoms. The van der Waals surface area contributed by atoms with E-state index >= 15 is 0 Å². The van der Waals surface area contributed by atoms with Crippen LogP contribution in [-0.4, -0.2) is 20.1 Å². The molecule has 4 heteroatoms. The third kappa shape index (κ3) is 3.80. The summed E-state index contributed by atoms with van der Waals surface area (Å²) in [5.41, 5.74) is 2.03. The smallest absolute Gasteiger partial charge is 0.305 e. The van der Waals surface area contributed by atoms with E-state index in [0.717, 1.165) is 11.3 Å². The molecule has 82 valence electrons. The first-order valence-electron chi connectivity index (χ1n) is 4.68. The van der Waals surface area contributed by atoms with Gasteiger partial charge in [0.05, 0.1) is 12.8 Å². The van der Waals surface area contributed by atoms with Gasteiger partial charge in [-0.2, -0.15) is 0 Å². The van der Waals surface area contributed by atoms with E-state index in [9.17, 15) is 4.79 Å². The second-order valence-corrected chi connectivity index (χ2v) is 3.73. The lowest BCUT2D eigenvalue weighted by atomic mass is 10.1. The molecule has 1 aromatic rings. The topological polar surface area (TPSA) is 29.5 Å². The third-order valence-electron chi connectivity index (χ3n) is 2.14. The molecule has 3 nitrogen and oxygen atoms in total. The molecule has 1 rings (SSSR count). The van der Waals surface area contributed by atoms with Crippen LogP contribution in [0.15, 0.2) is 24.3 Å². The Morgan fingerprint density at radius 3 is 2.47 bits per heavy atom. The predicted molar refractivity (Wildman–Crippen MR) is 61.0 cm³/mol. The molecule has 0 N–H and O–H groups in total. The number of esters is 1. The molecule has 0 saturated carbocycles. The minimum absolute atomic E-state index is 0.187. The van der Waals surface area contributed by atoms with Crippen LogP contribution in [0.1, 0.15) is 12.0 Å². The molecule has 0 atom stereocenters. The van der Waals surface area contributed by atoms with E-state index in [0.29, 0.717) is 12.8 Å². The molecule has 0 bridgehead atoms. The summed E-state index contributed by atoms with van der Waals surface area (Å²) >= 11 is 5.76. The van der Waals surface area contributed by atoms with Gasteiger partial charge in [-0.25, -0.2) is 0 Å². The van der Waals surface area contributed by atoms with E-state index in [1.54, 1.807) is 7.05 Å². The zero-order chi connectivity index (χ0) is 11.3. The summed E-state index contributed by atoms with van der Waals surface area (Å²) < 4.78 is 6.08. The van der Waals surface area contributed by atoms with E-state index in [1.807, 2.05) is 24.3 Å². The number of nitrogens with zero attached hydrogens (tertiary/aromatic N) is 1. The molecule has 0 saturated heterocycles. The Morgan fingerprint density at radius 2 is 2.00 bits per heavy atom. The van der Waals surface area contributed by atoms with Gasteiger partial charge < -0.3 is 4.74 Å². The van der Waals surface area contributed by atoms with Crippen molar-refractivity contribution in [2.24, 2.45) is 0 Å². The summed E-state index contributed by atoms with van der Waals surface area (Å²) in [4.78, 5) is 10.9. The number of ether oxygens (including phenoxy) is 1. The van der Waals surface area contributed by atoms with Crippen molar-refractivity contribution in [3.8, 4) is 0 Å². The molecule has 0 heterocycles. The van der Waals surface area contributed by atoms with Crippen LogP contribution < -0.4 is 4.42 Å². The lowest BCUT2D eigenvalue weighted by Gasteiger charge is -2.09. The lowest BCUT2D eigenvalue weighted by Crippen LogP contribution is -2.03. The number of rotatable bonds is 4. The fourth-order valence-electron chi connectivity index (χ4n) is 1.22. The molecular formula is C11H14ClNO2. The fraction of sp³-hybridized carbons (Fsp3) is 0.364. The van der Waals surface area contributed by atoms with Crippen LogP contribution in [0, 0.1) is 0 Å². The number of hydrogen-bond donors (Lipinski definition) is 0. The Kier molecular flexibility index (Phi) is 4.43. The van der Waals surface area contributed by atoms with Crippen LogP contribution in [0.2, 0.25) is 0 Å². The lowest BCUT2D eigenvalue weighted by molar-refractivity contribution is -0.140. The molecule has 0 fully saturated rings. The molecule has 0 aromatic heterocycles. The van der Waals surface area contributed by atoms with Gasteiger partial charge in [0.1, 0.15) is 0 Å². The van der Waals surface area contributed by atoms with Gasteiger partial charge in [-0.3, -0.25) is 9.21 Å². The van der Waals surface area contributed by atoms with E-state index in [-0.39, 0.29) is 5.97 Å². The van der Waals surface area contributed by atoms with Gasteiger partial charge in [0.25, 0.3) is 0 Å². The van der Waals surface area contributed by atoms with Gasteiger partial charge in [-0.05, 0) is 24.1 Å². The number of halogens is 1. The maximum Gasteiger partial charge on any atom is 0.305 e. The van der Waals surface area contributed by atoms with Gasteiger partial charge in [-0.1, -0.05) is 12.1 Å². The van der Waals surface area contributed by atoms with E-state index in [4.69, 9.17) is 11.8 Å². The summed E-state index contributed by atoms with van der Waals surface area (Å²) in [5, 5.41) is 0. The fourth-order valence-corrected chi connectivity index (χ4v) is 1.33. The highest BCUT2D eigenvalue weighted by Crippen LogP contribution is 2.16. The first kappa shape index (κ1) is 11.9. The Hall–Kier alpha value is -1.22. The Bertz CT molecular complexity index is 322. The summed E-state index contributed by atoms with van der Waals surface area (Å²) in [6.45, 7) is 0. The number of carbonyl (C=O) groups excluding carboxylic acids is 1. The van der Waals surface area contributed by atoms with Crippen molar-refractivity contribution < 1.29 is 9.53 Å². The minimum Gasteiger partial charge on any atom is -0.469 e. The number of carbonyl (C=O) groups is 1. The second kappa shape index (κ2) is 5.61. The van der Waals surface area contributed by atoms with Crippen molar-refractivity contribution in [1.82, 2.24) is 0 Å². The number of aryl methyl sites for hydroxylation is 1. The van der Waals surface area contributed by atoms with E-state index in [1.165, 1.54) is 11.5 Å². The Labute approximate surface area is 94.7 Å². The monoisotopic (exact) mass is 227 g/mol. The Morgan fingerprint density at radius 1 is 1.40 bits per heavy atom. The largest absolute Gasteiger partial charge is 0.469 e. The molecular weight excluding hydrogens is 214 g/mol. The zero-order valence-electron chi connectivity index (χ0n) is 8.87. The van der Waals surface area contributed by atoms with Gasteiger partial charge in [0.2, 0.25) is 0 Å². The van der Waals surface area contributed by atoms with Crippen molar-refractivity contribution in [2.75, 3.05) is 18.6 Å². The van der Waals surface area contributed by atoms with Crippen molar-refractivity contribution >= 4 is 23.4 Å². The standard InChI is InChI=1S/C11H14ClNO2/c1-13(12)10-6-3-9(4-7-10)5-8-11(14)15-2/h3-4,6-7H,5,8H2,1-2H3. The SMILES string of the molecule is COC(=O)CCc1ccc(N(C)Cl)cc1. The highest BCUT2D eigenvalue weighted by molar-refractivity contribution is 6.25. The van der Waals surface area contributed by atoms with Gasteiger partial charge in [-0.15, -0.1) is 0 Å². The predicted octanol–water partition coefficient (Wildman–Crippen LogP) is 2.38. The van der Waals surface area contributed by atoms with Crippen LogP contribution in [0.25, 0.3) is 0 Å². The van der Waals surface area contributed by atoms with Crippen molar-refractivity contribution in [1.29, 1.82) is 0 Å². The number of anilines is 1. The zero-order valence-corrected chi connectivity index (χ0v) is 9.62. The molecule has 0 amide bonds. The van der Waals surface area contributed by atoms with Gasteiger partial charge >= 0.3 is 5.97 Å². The molecule has 0 aliphatic carbocycles. The number of hydrogen-bond acceptors (Lipinski definition) is 3. The van der Waals surface area contributed by atoms with Crippen molar-refractivity contribution in [3.63, 3.8) is 0 Å². The maximum absolute atomic E-state index is 10.9. The average Bonchev–Trinajstić information content (AvgIpc) is 2.26. The van der Waals surface area contributed by atoms with Crippen molar-refractivity contribution in [2.45, 2.75) is 12.8 Å². The van der Waals surface area contributed by atoms with Crippen LogP contribution in [0.3, 0.4) is 0 Å². The molecule has 0 unspecified atom stereocenters. The van der Waals surface area contributed by atoms with Crippen molar-refractivity contribution in [3.05, 3.63) is 29.8 Å². The second-order valence-electron chi connectivity index (χ2n) is 3.22. The normalized spacial score (nSPS) is 9.80. The van der Waals surface area contributed by atoms with E-state index in [2.05, 4.69) is 4.74 Å². The van der Waals surface area contributed by atoms with Crippen LogP contribution in [0.4, 0.5) is 5.69 Å². The van der Waals surface area contributed by atoms with Gasteiger partial charge in [0.15, 0.2) is 0 Å². The summed E-state index contributed by atoms with van der Waals surface area (Å²) in [5.74, 6) is -0.187. The molecule has 1 aromatic carbocycles. The first-order chi connectivity index (χ1) is 7.13. The van der Waals surface area contributed by atoms with Crippen LogP contribution >= 0.6 is 11.8 Å². The first-order valence-corrected chi connectivity index (χ1v) is 5.02. The highest BCUT2D eigenvalue weighted by Gasteiger charge is 2.02. The van der Waals surface area contributed by atoms with Crippen LogP contribution in [-0.2, 0) is 16.0 Å². The van der Waals surface area contributed by atoms with E-state index < -0.39 is 0 Å². The quantitative estimate of drug-likeness (QED) is 0.584. The number of benzene rings is 1. The maximum atomic E-state index is 10.9. The highest BCUT2D eigenvalue weighted by atomic mass is 35.5. The molecule has 0 aliphatic rings. The molecule has 0 radical (unpaired) electrons. The number of methoxy groups -OCH3 is 1. The Balaban J connectivity index is 2.53. The minimum atomic E-state index is -0.187. The molecule has 0 aliphatic heterocycles. The summed E-state index contributed by atoms with van der Waals surface area (Å²) in [7, 11) is 3.17. The molecule has 0 spiro atoms. The average molecular weight is 228 g/mol. The summed E-state index contributed by atoms with van der Waals surface area (Å²) in [6, 6.07) is 7.74.